The minimum Gasteiger partial charge on any atom is -0.349 e. The van der Waals surface area contributed by atoms with Crippen LogP contribution in [0.3, 0.4) is 0 Å². The van der Waals surface area contributed by atoms with Crippen LogP contribution in [0.2, 0.25) is 0 Å². The normalized spacial score (nSPS) is 11.5. The highest BCUT2D eigenvalue weighted by molar-refractivity contribution is 9.10. The third-order valence-electron chi connectivity index (χ3n) is 5.77. The third kappa shape index (κ3) is 5.62. The van der Waals surface area contributed by atoms with Gasteiger partial charge in [0.25, 0.3) is 5.91 Å². The number of hydrogen-bond donors (Lipinski definition) is 4. The Labute approximate surface area is 225 Å². The minimum absolute atomic E-state index is 0.116. The molecule has 0 radical (unpaired) electrons. The van der Waals surface area contributed by atoms with Crippen LogP contribution in [0.4, 0.5) is 24.5 Å². The molecule has 4 N–H and O–H groups in total. The predicted molar refractivity (Wildman–Crippen MR) is 140 cm³/mol. The summed E-state index contributed by atoms with van der Waals surface area (Å²) in [6.07, 6.45) is -5.08. The molecule has 0 saturated carbocycles. The number of nitrogens with zero attached hydrogens (tertiary/aromatic N) is 1. The molecular weight excluding hydrogens is 583 g/mol. The van der Waals surface area contributed by atoms with Crippen molar-refractivity contribution in [3.63, 3.8) is 0 Å². The second kappa shape index (κ2) is 10.3. The molecule has 2 aromatic heterocycles. The van der Waals surface area contributed by atoms with Crippen molar-refractivity contribution in [1.29, 1.82) is 0 Å². The highest BCUT2D eigenvalue weighted by atomic mass is 79.9. The van der Waals surface area contributed by atoms with Gasteiger partial charge in [0.05, 0.1) is 28.9 Å². The summed E-state index contributed by atoms with van der Waals surface area (Å²) in [4.78, 5) is 42.6. The number of carbonyl (C=O) groups excluding carboxylic acids is 2. The fourth-order valence-corrected chi connectivity index (χ4v) is 4.42. The number of anilines is 2. The number of rotatable bonds is 6. The monoisotopic (exact) mass is 599 g/mol. The fraction of sp³-hybridized carbons (Fsp3) is 0.0769. The Morgan fingerprint density at radius 3 is 2.49 bits per heavy atom. The van der Waals surface area contributed by atoms with E-state index in [0.717, 1.165) is 6.07 Å². The van der Waals surface area contributed by atoms with Gasteiger partial charge < -0.3 is 15.6 Å². The molecule has 39 heavy (non-hydrogen) atoms. The lowest BCUT2D eigenvalue weighted by Gasteiger charge is -2.13. The summed E-state index contributed by atoms with van der Waals surface area (Å²) in [5.74, 6) is -1.82. The molecule has 2 amide bonds. The zero-order valence-electron chi connectivity index (χ0n) is 19.7. The number of carbonyl (C=O) groups is 2. The van der Waals surface area contributed by atoms with Crippen LogP contribution in [0.5, 0.6) is 0 Å². The smallest absolute Gasteiger partial charge is 0.349 e. The molecule has 0 spiro atoms. The van der Waals surface area contributed by atoms with Crippen LogP contribution in [0.25, 0.3) is 22.3 Å². The first kappa shape index (κ1) is 26.0. The van der Waals surface area contributed by atoms with Crippen LogP contribution in [0.15, 0.2) is 80.5 Å². The fourth-order valence-electron chi connectivity index (χ4n) is 4.06. The van der Waals surface area contributed by atoms with Gasteiger partial charge in [0.1, 0.15) is 5.69 Å². The molecular formula is C26H17BrF3N5O4. The number of halogens is 4. The van der Waals surface area contributed by atoms with Gasteiger partial charge in [-0.05, 0) is 42.0 Å². The number of hydrogen-bond acceptors (Lipinski definition) is 5. The molecule has 0 fully saturated rings. The average molecular weight is 600 g/mol. The Morgan fingerprint density at radius 2 is 1.74 bits per heavy atom. The van der Waals surface area contributed by atoms with E-state index in [0.29, 0.717) is 32.3 Å². The number of fused-ring (bicyclic) bond motifs is 1. The molecule has 9 nitrogen and oxygen atoms in total. The molecule has 13 heteroatoms. The molecule has 0 aliphatic heterocycles. The van der Waals surface area contributed by atoms with E-state index in [1.165, 1.54) is 18.2 Å². The van der Waals surface area contributed by atoms with E-state index in [4.69, 9.17) is 0 Å². The molecule has 5 aromatic rings. The van der Waals surface area contributed by atoms with Gasteiger partial charge in [-0.2, -0.15) is 13.2 Å². The number of aromatic nitrogens is 3. The van der Waals surface area contributed by atoms with Crippen LogP contribution in [0.1, 0.15) is 21.6 Å². The van der Waals surface area contributed by atoms with Crippen LogP contribution in [-0.2, 0) is 17.4 Å². The van der Waals surface area contributed by atoms with Crippen molar-refractivity contribution >= 4 is 50.0 Å². The zero-order valence-corrected chi connectivity index (χ0v) is 21.2. The summed E-state index contributed by atoms with van der Waals surface area (Å²) in [6, 6.07) is 16.3. The van der Waals surface area contributed by atoms with Crippen molar-refractivity contribution in [2.45, 2.75) is 12.6 Å². The van der Waals surface area contributed by atoms with Crippen molar-refractivity contribution in [3.05, 3.63) is 98.6 Å². The number of benzene rings is 3. The molecule has 0 aliphatic rings. The lowest BCUT2D eigenvalue weighted by Crippen LogP contribution is -2.18. The van der Waals surface area contributed by atoms with Gasteiger partial charge in [-0.25, -0.2) is 4.79 Å². The topological polar surface area (TPSA) is 133 Å². The number of alkyl halides is 3. The summed E-state index contributed by atoms with van der Waals surface area (Å²) in [6.45, 7) is 0. The molecule has 0 atom stereocenters. The summed E-state index contributed by atoms with van der Waals surface area (Å²) < 4.78 is 45.2. The first-order valence-corrected chi connectivity index (χ1v) is 12.1. The predicted octanol–water partition coefficient (Wildman–Crippen LogP) is 5.73. The highest BCUT2D eigenvalue weighted by Crippen LogP contribution is 2.33. The number of para-hydroxylation sites is 1. The molecule has 0 bridgehead atoms. The van der Waals surface area contributed by atoms with E-state index < -0.39 is 35.7 Å². The second-order valence-electron chi connectivity index (χ2n) is 8.42. The molecule has 2 heterocycles. The maximum Gasteiger partial charge on any atom is 0.439 e. The summed E-state index contributed by atoms with van der Waals surface area (Å²) >= 11 is 3.34. The minimum atomic E-state index is -4.59. The summed E-state index contributed by atoms with van der Waals surface area (Å²) in [5, 5.41) is 9.63. The first-order chi connectivity index (χ1) is 18.6. The summed E-state index contributed by atoms with van der Waals surface area (Å²) in [5.41, 5.74) is 0.563. The number of amides is 2. The standard InChI is InChI=1S/C26H17BrF3N5O4/c27-15-8-9-18(16(12-15)23-34-25(38)39-35-23)33-24(37)20-10-14-5-3-7-19(22(14)32-20)31-21(36)11-13-4-1-2-6-17(13)26(28,29)30/h1-10,12,32H,11H2,(H,31,36)(H,33,37)(H,34,35,38). The lowest BCUT2D eigenvalue weighted by molar-refractivity contribution is -0.138. The third-order valence-corrected chi connectivity index (χ3v) is 6.27. The SMILES string of the molecule is O=C(Cc1ccccc1C(F)(F)F)Nc1cccc2cc(C(=O)Nc3ccc(Br)cc3-c3noc(=O)[nH]3)[nH]c12. The number of nitrogens with one attached hydrogen (secondary N) is 4. The quantitative estimate of drug-likeness (QED) is 0.198. The van der Waals surface area contributed by atoms with E-state index in [2.05, 4.69) is 46.2 Å². The molecule has 198 valence electrons. The lowest BCUT2D eigenvalue weighted by atomic mass is 10.0. The van der Waals surface area contributed by atoms with Crippen molar-refractivity contribution in [1.82, 2.24) is 15.1 Å². The van der Waals surface area contributed by atoms with Crippen molar-refractivity contribution in [2.75, 3.05) is 10.6 Å². The van der Waals surface area contributed by atoms with E-state index in [1.807, 2.05) is 0 Å². The van der Waals surface area contributed by atoms with Crippen LogP contribution < -0.4 is 16.4 Å². The van der Waals surface area contributed by atoms with Crippen molar-refractivity contribution < 1.29 is 27.3 Å². The van der Waals surface area contributed by atoms with Gasteiger partial charge in [-0.3, -0.25) is 19.1 Å². The first-order valence-electron chi connectivity index (χ1n) is 11.3. The van der Waals surface area contributed by atoms with E-state index in [1.54, 1.807) is 42.5 Å². The highest BCUT2D eigenvalue weighted by Gasteiger charge is 2.33. The molecule has 0 saturated heterocycles. The van der Waals surface area contributed by atoms with Crippen molar-refractivity contribution in [3.8, 4) is 11.4 Å². The van der Waals surface area contributed by atoms with E-state index in [-0.39, 0.29) is 17.1 Å². The van der Waals surface area contributed by atoms with Gasteiger partial charge in [0.15, 0.2) is 5.82 Å². The van der Waals surface area contributed by atoms with Gasteiger partial charge in [-0.15, -0.1) is 0 Å². The van der Waals surface area contributed by atoms with Crippen LogP contribution in [0, 0.1) is 0 Å². The molecule has 0 unspecified atom stereocenters. The largest absolute Gasteiger partial charge is 0.439 e. The van der Waals surface area contributed by atoms with Gasteiger partial charge >= 0.3 is 11.9 Å². The van der Waals surface area contributed by atoms with Crippen LogP contribution in [-0.4, -0.2) is 26.9 Å². The Kier molecular flexibility index (Phi) is 6.83. The Balaban J connectivity index is 1.38. The molecule has 5 rings (SSSR count). The summed E-state index contributed by atoms with van der Waals surface area (Å²) in [7, 11) is 0. The van der Waals surface area contributed by atoms with E-state index in [9.17, 15) is 27.6 Å². The maximum atomic E-state index is 13.3. The number of aromatic amines is 2. The molecule has 3 aromatic carbocycles. The number of H-pyrrole nitrogens is 2. The van der Waals surface area contributed by atoms with Gasteiger partial charge in [0.2, 0.25) is 5.91 Å². The van der Waals surface area contributed by atoms with Crippen molar-refractivity contribution in [2.24, 2.45) is 0 Å². The van der Waals surface area contributed by atoms with E-state index >= 15 is 0 Å². The zero-order chi connectivity index (χ0) is 27.7. The molecule has 0 aliphatic carbocycles. The van der Waals surface area contributed by atoms with Gasteiger partial charge in [0, 0.05) is 15.4 Å². The average Bonchev–Trinajstić information content (AvgIpc) is 3.52. The van der Waals surface area contributed by atoms with Gasteiger partial charge in [-0.1, -0.05) is 51.4 Å². The maximum absolute atomic E-state index is 13.3. The second-order valence-corrected chi connectivity index (χ2v) is 9.34. The Bertz CT molecular complexity index is 1770. The van der Waals surface area contributed by atoms with Crippen LogP contribution >= 0.6 is 15.9 Å². The Morgan fingerprint density at radius 1 is 0.949 bits per heavy atom. The Hall–Kier alpha value is -4.65.